The molecule has 0 spiro atoms. The third-order valence-corrected chi connectivity index (χ3v) is 6.55. The Morgan fingerprint density at radius 3 is 2.60 bits per heavy atom. The van der Waals surface area contributed by atoms with Crippen LogP contribution < -0.4 is 10.1 Å². The van der Waals surface area contributed by atoms with E-state index < -0.39 is 5.97 Å². The van der Waals surface area contributed by atoms with Crippen molar-refractivity contribution < 1.29 is 19.1 Å². The number of methoxy groups -OCH3 is 2. The Balaban J connectivity index is 1.54. The number of benzene rings is 3. The first kappa shape index (κ1) is 22.8. The molecule has 1 unspecified atom stereocenters. The van der Waals surface area contributed by atoms with Crippen molar-refractivity contribution in [3.05, 3.63) is 94.1 Å². The fourth-order valence-electron chi connectivity index (χ4n) is 4.65. The first-order chi connectivity index (χ1) is 17.0. The van der Waals surface area contributed by atoms with E-state index in [4.69, 9.17) is 21.1 Å². The van der Waals surface area contributed by atoms with Crippen LogP contribution in [0.1, 0.15) is 33.2 Å². The average molecular weight is 490 g/mol. The second-order valence-corrected chi connectivity index (χ2v) is 8.77. The van der Waals surface area contributed by atoms with E-state index in [0.29, 0.717) is 29.2 Å². The van der Waals surface area contributed by atoms with Gasteiger partial charge in [0.1, 0.15) is 5.75 Å². The van der Waals surface area contributed by atoms with Gasteiger partial charge < -0.3 is 24.7 Å². The zero-order valence-electron chi connectivity index (χ0n) is 19.3. The van der Waals surface area contributed by atoms with Crippen LogP contribution in [0.5, 0.6) is 5.75 Å². The lowest BCUT2D eigenvalue weighted by molar-refractivity contribution is 0.0600. The van der Waals surface area contributed by atoms with Gasteiger partial charge in [-0.05, 0) is 66.1 Å². The summed E-state index contributed by atoms with van der Waals surface area (Å²) in [6.07, 6.45) is 0.679. The van der Waals surface area contributed by atoms with Crippen molar-refractivity contribution in [1.82, 2.24) is 9.88 Å². The van der Waals surface area contributed by atoms with Crippen LogP contribution in [0.3, 0.4) is 0 Å². The zero-order chi connectivity index (χ0) is 24.5. The molecule has 0 fully saturated rings. The second kappa shape index (κ2) is 9.35. The number of aromatic nitrogens is 1. The van der Waals surface area contributed by atoms with Gasteiger partial charge in [-0.1, -0.05) is 29.8 Å². The van der Waals surface area contributed by atoms with Gasteiger partial charge in [0.05, 0.1) is 25.8 Å². The highest BCUT2D eigenvalue weighted by Crippen LogP contribution is 2.39. The number of esters is 1. The Kier molecular flexibility index (Phi) is 6.09. The molecule has 0 aliphatic carbocycles. The molecule has 5 rings (SSSR count). The van der Waals surface area contributed by atoms with Crippen LogP contribution in [0.2, 0.25) is 5.02 Å². The maximum Gasteiger partial charge on any atom is 0.337 e. The monoisotopic (exact) mass is 489 g/mol. The lowest BCUT2D eigenvalue weighted by Crippen LogP contribution is -2.43. The fourth-order valence-corrected chi connectivity index (χ4v) is 4.82. The standard InChI is InChI=1S/C27H24ClN3O4/c1-34-20-9-6-16(7-10-20)25-24-21(22-15-18(28)8-11-23(22)30-24)12-13-31(25)27(33)29-19-5-3-4-17(14-19)26(32)35-2/h3-11,14-15,25,30H,12-13H2,1-2H3,(H,29,33). The van der Waals surface area contributed by atoms with Gasteiger partial charge in [0, 0.05) is 33.9 Å². The van der Waals surface area contributed by atoms with Crippen molar-refractivity contribution in [3.63, 3.8) is 0 Å². The molecule has 2 amide bonds. The number of carbonyl (C=O) groups is 2. The number of hydrogen-bond acceptors (Lipinski definition) is 4. The summed E-state index contributed by atoms with van der Waals surface area (Å²) in [5, 5.41) is 4.69. The van der Waals surface area contributed by atoms with E-state index in [2.05, 4.69) is 10.3 Å². The van der Waals surface area contributed by atoms with Crippen LogP contribution in [0.4, 0.5) is 10.5 Å². The van der Waals surface area contributed by atoms with E-state index in [0.717, 1.165) is 33.5 Å². The Bertz CT molecular complexity index is 1410. The van der Waals surface area contributed by atoms with Gasteiger partial charge in [0.15, 0.2) is 0 Å². The molecule has 0 saturated heterocycles. The third kappa shape index (κ3) is 4.31. The number of halogens is 1. The first-order valence-electron chi connectivity index (χ1n) is 11.2. The number of ether oxygens (including phenoxy) is 2. The van der Waals surface area contributed by atoms with Crippen LogP contribution in [0.25, 0.3) is 10.9 Å². The van der Waals surface area contributed by atoms with E-state index in [1.165, 1.54) is 7.11 Å². The molecule has 35 heavy (non-hydrogen) atoms. The van der Waals surface area contributed by atoms with Gasteiger partial charge in [-0.25, -0.2) is 9.59 Å². The Morgan fingerprint density at radius 2 is 1.86 bits per heavy atom. The minimum Gasteiger partial charge on any atom is -0.497 e. The Morgan fingerprint density at radius 1 is 1.06 bits per heavy atom. The number of aromatic amines is 1. The molecule has 0 bridgehead atoms. The maximum absolute atomic E-state index is 13.5. The molecule has 2 N–H and O–H groups in total. The van der Waals surface area contributed by atoms with Crippen molar-refractivity contribution in [2.75, 3.05) is 26.1 Å². The lowest BCUT2D eigenvalue weighted by atomic mass is 9.92. The summed E-state index contributed by atoms with van der Waals surface area (Å²) in [7, 11) is 2.95. The number of hydrogen-bond donors (Lipinski definition) is 2. The van der Waals surface area contributed by atoms with Crippen LogP contribution in [-0.4, -0.2) is 42.6 Å². The smallest absolute Gasteiger partial charge is 0.337 e. The van der Waals surface area contributed by atoms with Gasteiger partial charge >= 0.3 is 12.0 Å². The van der Waals surface area contributed by atoms with Crippen molar-refractivity contribution in [2.45, 2.75) is 12.5 Å². The Labute approximate surface area is 207 Å². The Hall–Kier alpha value is -3.97. The summed E-state index contributed by atoms with van der Waals surface area (Å²) >= 11 is 6.28. The third-order valence-electron chi connectivity index (χ3n) is 6.32. The molecule has 0 radical (unpaired) electrons. The molecule has 4 aromatic rings. The highest BCUT2D eigenvalue weighted by molar-refractivity contribution is 6.31. The van der Waals surface area contributed by atoms with Gasteiger partial charge in [0.2, 0.25) is 0 Å². The maximum atomic E-state index is 13.5. The lowest BCUT2D eigenvalue weighted by Gasteiger charge is -2.36. The summed E-state index contributed by atoms with van der Waals surface area (Å²) in [6.45, 7) is 0.506. The zero-order valence-corrected chi connectivity index (χ0v) is 20.1. The molecule has 8 heteroatoms. The number of amides is 2. The van der Waals surface area contributed by atoms with E-state index in [1.54, 1.807) is 36.3 Å². The molecule has 1 atom stereocenters. The molecular weight excluding hydrogens is 466 g/mol. The van der Waals surface area contributed by atoms with Crippen molar-refractivity contribution in [3.8, 4) is 5.75 Å². The van der Waals surface area contributed by atoms with Gasteiger partial charge in [-0.3, -0.25) is 0 Å². The quantitative estimate of drug-likeness (QED) is 0.355. The van der Waals surface area contributed by atoms with Gasteiger partial charge in [0.25, 0.3) is 0 Å². The van der Waals surface area contributed by atoms with E-state index >= 15 is 0 Å². The highest BCUT2D eigenvalue weighted by Gasteiger charge is 2.34. The van der Waals surface area contributed by atoms with Gasteiger partial charge in [-0.2, -0.15) is 0 Å². The molecule has 3 aromatic carbocycles. The topological polar surface area (TPSA) is 83.7 Å². The van der Waals surface area contributed by atoms with E-state index in [1.807, 2.05) is 42.5 Å². The summed E-state index contributed by atoms with van der Waals surface area (Å²) in [5.74, 6) is 0.278. The highest BCUT2D eigenvalue weighted by atomic mass is 35.5. The molecular formula is C27H24ClN3O4. The molecule has 7 nitrogen and oxygen atoms in total. The number of anilines is 1. The van der Waals surface area contributed by atoms with Crippen LogP contribution in [0, 0.1) is 0 Å². The van der Waals surface area contributed by atoms with E-state index in [-0.39, 0.29) is 12.1 Å². The van der Waals surface area contributed by atoms with Crippen LogP contribution >= 0.6 is 11.6 Å². The number of carbonyl (C=O) groups excluding carboxylic acids is 2. The minimum absolute atomic E-state index is 0.268. The summed E-state index contributed by atoms with van der Waals surface area (Å²) in [4.78, 5) is 30.8. The predicted octanol–water partition coefficient (Wildman–Crippen LogP) is 5.80. The SMILES string of the molecule is COC(=O)c1cccc(NC(=O)N2CCc3c([nH]c4ccc(Cl)cc34)C2c2ccc(OC)cc2)c1. The number of rotatable bonds is 4. The number of nitrogens with zero attached hydrogens (tertiary/aromatic N) is 1. The molecule has 0 saturated carbocycles. The number of nitrogens with one attached hydrogen (secondary N) is 2. The summed E-state index contributed by atoms with van der Waals surface area (Å²) in [5.41, 5.74) is 4.91. The molecule has 1 aromatic heterocycles. The number of fused-ring (bicyclic) bond motifs is 3. The summed E-state index contributed by atoms with van der Waals surface area (Å²) in [6, 6.07) is 19.6. The van der Waals surface area contributed by atoms with Crippen molar-refractivity contribution in [2.24, 2.45) is 0 Å². The largest absolute Gasteiger partial charge is 0.497 e. The van der Waals surface area contributed by atoms with Crippen molar-refractivity contribution in [1.29, 1.82) is 0 Å². The summed E-state index contributed by atoms with van der Waals surface area (Å²) < 4.78 is 10.1. The average Bonchev–Trinajstić information content (AvgIpc) is 3.25. The minimum atomic E-state index is -0.462. The molecule has 178 valence electrons. The first-order valence-corrected chi connectivity index (χ1v) is 11.6. The van der Waals surface area contributed by atoms with Gasteiger partial charge in [-0.15, -0.1) is 0 Å². The number of H-pyrrole nitrogens is 1. The fraction of sp³-hybridized carbons (Fsp3) is 0.185. The predicted molar refractivity (Wildman–Crippen MR) is 135 cm³/mol. The van der Waals surface area contributed by atoms with Crippen LogP contribution in [-0.2, 0) is 11.2 Å². The normalized spacial score (nSPS) is 14.9. The van der Waals surface area contributed by atoms with E-state index in [9.17, 15) is 9.59 Å². The second-order valence-electron chi connectivity index (χ2n) is 8.33. The molecule has 2 heterocycles. The van der Waals surface area contributed by atoms with Crippen molar-refractivity contribution >= 4 is 40.2 Å². The molecule has 1 aliphatic rings. The van der Waals surface area contributed by atoms with Crippen LogP contribution in [0.15, 0.2) is 66.7 Å². The number of urea groups is 1. The molecule has 1 aliphatic heterocycles.